The van der Waals surface area contributed by atoms with Crippen LogP contribution in [0.1, 0.15) is 48.8 Å². The molecule has 0 heterocycles. The maximum atomic E-state index is 13.3. The third-order valence-electron chi connectivity index (χ3n) is 8.09. The number of carboxylic acids is 1. The first-order valence-corrected chi connectivity index (χ1v) is 14.2. The zero-order chi connectivity index (χ0) is 28.8. The number of ether oxygens (including phenoxy) is 2. The van der Waals surface area contributed by atoms with Crippen molar-refractivity contribution in [1.29, 1.82) is 0 Å². The summed E-state index contributed by atoms with van der Waals surface area (Å²) in [6.07, 6.45) is 0.360. The van der Waals surface area contributed by atoms with Gasteiger partial charge in [-0.2, -0.15) is 0 Å². The highest BCUT2D eigenvalue weighted by Crippen LogP contribution is 2.44. The first-order chi connectivity index (χ1) is 19.9. The van der Waals surface area contributed by atoms with E-state index in [-0.39, 0.29) is 43.3 Å². The Labute approximate surface area is 240 Å². The number of rotatable bonds is 12. The molecule has 5 rings (SSSR count). The van der Waals surface area contributed by atoms with Crippen molar-refractivity contribution in [1.82, 2.24) is 10.6 Å². The van der Waals surface area contributed by atoms with Gasteiger partial charge in [0.2, 0.25) is 5.91 Å². The van der Waals surface area contributed by atoms with Crippen LogP contribution in [-0.4, -0.2) is 48.4 Å². The molecule has 2 amide bonds. The molecule has 1 fully saturated rings. The minimum atomic E-state index is -0.968. The second-order valence-electron chi connectivity index (χ2n) is 11.0. The molecule has 41 heavy (non-hydrogen) atoms. The van der Waals surface area contributed by atoms with Gasteiger partial charge in [-0.3, -0.25) is 9.59 Å². The minimum absolute atomic E-state index is 0.0930. The molecule has 2 atom stereocenters. The first-order valence-electron chi connectivity index (χ1n) is 14.2. The largest absolute Gasteiger partial charge is 0.481 e. The van der Waals surface area contributed by atoms with Crippen LogP contribution < -0.4 is 10.6 Å². The normalized spacial score (nSPS) is 18.8. The zero-order valence-corrected chi connectivity index (χ0v) is 23.1. The lowest BCUT2D eigenvalue weighted by Crippen LogP contribution is -2.54. The number of alkyl carbamates (subject to hydrolysis) is 1. The molecule has 1 saturated carbocycles. The molecule has 214 valence electrons. The van der Waals surface area contributed by atoms with Gasteiger partial charge in [-0.05, 0) is 59.4 Å². The minimum Gasteiger partial charge on any atom is -0.481 e. The second kappa shape index (κ2) is 13.0. The van der Waals surface area contributed by atoms with Gasteiger partial charge in [-0.25, -0.2) is 4.79 Å². The molecule has 3 aromatic rings. The summed E-state index contributed by atoms with van der Waals surface area (Å²) in [6, 6.07) is 24.9. The average Bonchev–Trinajstić information content (AvgIpc) is 3.28. The Morgan fingerprint density at radius 3 is 2.12 bits per heavy atom. The molecule has 8 nitrogen and oxygen atoms in total. The molecule has 0 saturated heterocycles. The van der Waals surface area contributed by atoms with Crippen molar-refractivity contribution in [2.75, 3.05) is 13.2 Å². The number of hydrogen-bond acceptors (Lipinski definition) is 5. The highest BCUT2D eigenvalue weighted by atomic mass is 16.5. The molecule has 2 unspecified atom stereocenters. The molecular weight excluding hydrogens is 520 g/mol. The number of hydrogen-bond donors (Lipinski definition) is 3. The fourth-order valence-corrected chi connectivity index (χ4v) is 5.87. The van der Waals surface area contributed by atoms with E-state index in [0.717, 1.165) is 40.7 Å². The number of amides is 2. The molecule has 0 bridgehead atoms. The van der Waals surface area contributed by atoms with Crippen molar-refractivity contribution in [3.05, 3.63) is 95.6 Å². The number of nitrogens with one attached hydrogen (secondary N) is 2. The molecular formula is C33H36N2O6. The highest BCUT2D eigenvalue weighted by molar-refractivity contribution is 5.86. The summed E-state index contributed by atoms with van der Waals surface area (Å²) in [5, 5.41) is 14.7. The number of benzene rings is 3. The van der Waals surface area contributed by atoms with Crippen LogP contribution >= 0.6 is 0 Å². The molecule has 2 aliphatic rings. The van der Waals surface area contributed by atoms with Crippen molar-refractivity contribution >= 4 is 18.0 Å². The highest BCUT2D eigenvalue weighted by Gasteiger charge is 2.34. The monoisotopic (exact) mass is 556 g/mol. The molecule has 8 heteroatoms. The van der Waals surface area contributed by atoms with E-state index in [1.165, 1.54) is 0 Å². The van der Waals surface area contributed by atoms with E-state index in [1.807, 2.05) is 54.6 Å². The third-order valence-corrected chi connectivity index (χ3v) is 8.09. The molecule has 3 aromatic carbocycles. The van der Waals surface area contributed by atoms with Crippen molar-refractivity contribution in [2.24, 2.45) is 11.8 Å². The Bertz CT molecular complexity index is 1330. The summed E-state index contributed by atoms with van der Waals surface area (Å²) in [7, 11) is 0. The van der Waals surface area contributed by atoms with Crippen molar-refractivity contribution in [3.63, 3.8) is 0 Å². The van der Waals surface area contributed by atoms with Crippen molar-refractivity contribution < 1.29 is 29.0 Å². The van der Waals surface area contributed by atoms with Crippen LogP contribution in [0.4, 0.5) is 4.79 Å². The molecule has 0 aliphatic heterocycles. The molecule has 3 N–H and O–H groups in total. The smallest absolute Gasteiger partial charge is 0.407 e. The van der Waals surface area contributed by atoms with Crippen LogP contribution in [0.25, 0.3) is 11.1 Å². The predicted molar refractivity (Wildman–Crippen MR) is 154 cm³/mol. The van der Waals surface area contributed by atoms with Gasteiger partial charge in [0.15, 0.2) is 0 Å². The Kier molecular flexibility index (Phi) is 8.99. The Balaban J connectivity index is 1.20. The summed E-state index contributed by atoms with van der Waals surface area (Å²) in [5.74, 6) is -0.879. The Morgan fingerprint density at radius 1 is 0.878 bits per heavy atom. The molecule has 2 aliphatic carbocycles. The van der Waals surface area contributed by atoms with E-state index >= 15 is 0 Å². The lowest BCUT2D eigenvalue weighted by atomic mass is 9.73. The van der Waals surface area contributed by atoms with Crippen LogP contribution in [0.5, 0.6) is 0 Å². The van der Waals surface area contributed by atoms with E-state index in [4.69, 9.17) is 14.6 Å². The van der Waals surface area contributed by atoms with E-state index in [0.29, 0.717) is 6.54 Å². The summed E-state index contributed by atoms with van der Waals surface area (Å²) < 4.78 is 11.7. The third kappa shape index (κ3) is 6.95. The van der Waals surface area contributed by atoms with Gasteiger partial charge in [0.05, 0.1) is 12.7 Å². The first kappa shape index (κ1) is 28.4. The van der Waals surface area contributed by atoms with Gasteiger partial charge in [-0.1, -0.05) is 78.9 Å². The molecule has 0 radical (unpaired) electrons. The lowest BCUT2D eigenvalue weighted by molar-refractivity contribution is -0.139. The standard InChI is InChI=1S/C33H36N2O6/c1-21(40-19-22-9-3-2-4-10-22)31(32(38)34-18-24-15-23(16-24)17-30(36)37)35-33(39)41-20-29-27-13-7-5-11-25(27)26-12-6-8-14-28(26)29/h2-14,21,23-24,29,31H,15-20H2,1H3,(H,34,38)(H,35,39)(H,36,37). The van der Waals surface area contributed by atoms with E-state index in [2.05, 4.69) is 34.9 Å². The van der Waals surface area contributed by atoms with E-state index in [1.54, 1.807) is 6.92 Å². The van der Waals surface area contributed by atoms with Gasteiger partial charge < -0.3 is 25.2 Å². The van der Waals surface area contributed by atoms with E-state index in [9.17, 15) is 14.4 Å². The number of carbonyl (C=O) groups is 3. The Morgan fingerprint density at radius 2 is 1.49 bits per heavy atom. The second-order valence-corrected chi connectivity index (χ2v) is 11.0. The summed E-state index contributed by atoms with van der Waals surface area (Å²) in [5.41, 5.74) is 5.45. The van der Waals surface area contributed by atoms with Crippen LogP contribution in [0, 0.1) is 11.8 Å². The van der Waals surface area contributed by atoms with Crippen LogP contribution in [0.2, 0.25) is 0 Å². The fraction of sp³-hybridized carbons (Fsp3) is 0.364. The van der Waals surface area contributed by atoms with Gasteiger partial charge in [0.25, 0.3) is 0 Å². The van der Waals surface area contributed by atoms with Gasteiger partial charge in [0, 0.05) is 18.9 Å². The Hall–Kier alpha value is -4.17. The lowest BCUT2D eigenvalue weighted by Gasteiger charge is -2.35. The van der Waals surface area contributed by atoms with Crippen LogP contribution in [-0.2, 0) is 25.7 Å². The molecule has 0 aromatic heterocycles. The number of fused-ring (bicyclic) bond motifs is 3. The van der Waals surface area contributed by atoms with Crippen molar-refractivity contribution in [3.8, 4) is 11.1 Å². The zero-order valence-electron chi connectivity index (χ0n) is 23.1. The number of carboxylic acid groups (broad SMARTS) is 1. The fourth-order valence-electron chi connectivity index (χ4n) is 5.87. The number of carbonyl (C=O) groups excluding carboxylic acids is 2. The maximum absolute atomic E-state index is 13.3. The average molecular weight is 557 g/mol. The number of aliphatic carboxylic acids is 1. The quantitative estimate of drug-likeness (QED) is 0.286. The van der Waals surface area contributed by atoms with Crippen molar-refractivity contribution in [2.45, 2.75) is 50.9 Å². The SMILES string of the molecule is CC(OCc1ccccc1)C(NC(=O)OCC1c2ccccc2-c2ccccc21)C(=O)NCC1CC(CC(=O)O)C1. The molecule has 0 spiro atoms. The van der Waals surface area contributed by atoms with E-state index < -0.39 is 24.2 Å². The topological polar surface area (TPSA) is 114 Å². The summed E-state index contributed by atoms with van der Waals surface area (Å²) >= 11 is 0. The summed E-state index contributed by atoms with van der Waals surface area (Å²) in [4.78, 5) is 37.2. The predicted octanol–water partition coefficient (Wildman–Crippen LogP) is 5.12. The van der Waals surface area contributed by atoms with Crippen LogP contribution in [0.3, 0.4) is 0 Å². The van der Waals surface area contributed by atoms with Gasteiger partial charge >= 0.3 is 12.1 Å². The summed E-state index contributed by atoms with van der Waals surface area (Å²) in [6.45, 7) is 2.60. The van der Waals surface area contributed by atoms with Gasteiger partial charge in [-0.15, -0.1) is 0 Å². The maximum Gasteiger partial charge on any atom is 0.407 e. The van der Waals surface area contributed by atoms with Crippen LogP contribution in [0.15, 0.2) is 78.9 Å². The van der Waals surface area contributed by atoms with Gasteiger partial charge in [0.1, 0.15) is 12.6 Å².